The molecule has 0 saturated carbocycles. The Bertz CT molecular complexity index is 1050. The zero-order valence-electron chi connectivity index (χ0n) is 14.8. The molecule has 0 bridgehead atoms. The molecule has 0 aliphatic heterocycles. The molecule has 2 aromatic carbocycles. The van der Waals surface area contributed by atoms with Crippen LogP contribution in [0, 0.1) is 0 Å². The number of carbonyl (C=O) groups is 1. The van der Waals surface area contributed by atoms with Crippen molar-refractivity contribution in [1.82, 2.24) is 25.2 Å². The van der Waals surface area contributed by atoms with Crippen molar-refractivity contribution < 1.29 is 9.53 Å². The zero-order valence-corrected chi connectivity index (χ0v) is 14.8. The predicted molar refractivity (Wildman–Crippen MR) is 102 cm³/mol. The first-order valence-electron chi connectivity index (χ1n) is 8.56. The number of hydrogen-bond acceptors (Lipinski definition) is 6. The Hall–Kier alpha value is -4.07. The van der Waals surface area contributed by atoms with Crippen LogP contribution in [0.15, 0.2) is 79.4 Å². The summed E-state index contributed by atoms with van der Waals surface area (Å²) in [5.41, 5.74) is 2.38. The summed E-state index contributed by atoms with van der Waals surface area (Å²) in [6.45, 7) is 0. The number of nitrogens with one attached hydrogen (secondary N) is 1. The highest BCUT2D eigenvalue weighted by Crippen LogP contribution is 2.23. The molecule has 138 valence electrons. The monoisotopic (exact) mass is 372 g/mol. The molecule has 4 rings (SSSR count). The molecular weight excluding hydrogens is 356 g/mol. The van der Waals surface area contributed by atoms with Gasteiger partial charge in [0, 0.05) is 24.1 Å². The lowest BCUT2D eigenvalue weighted by molar-refractivity contribution is -0.115. The Morgan fingerprint density at radius 1 is 1.00 bits per heavy atom. The third kappa shape index (κ3) is 4.36. The van der Waals surface area contributed by atoms with Gasteiger partial charge in [0.05, 0.1) is 12.1 Å². The summed E-state index contributed by atoms with van der Waals surface area (Å²) in [6.07, 6.45) is 5.09. The molecule has 1 N–H and O–H groups in total. The number of nitrogens with zero attached hydrogens (tertiary/aromatic N) is 5. The summed E-state index contributed by atoms with van der Waals surface area (Å²) in [5, 5.41) is 13.9. The topological polar surface area (TPSA) is 94.8 Å². The van der Waals surface area contributed by atoms with Crippen LogP contribution >= 0.6 is 0 Å². The van der Waals surface area contributed by atoms with Gasteiger partial charge in [0.1, 0.15) is 17.8 Å². The van der Waals surface area contributed by atoms with E-state index in [4.69, 9.17) is 4.74 Å². The maximum absolute atomic E-state index is 12.4. The second-order valence-electron chi connectivity index (χ2n) is 5.96. The number of ether oxygens (including phenoxy) is 1. The molecule has 0 spiro atoms. The number of hydrogen-bond donors (Lipinski definition) is 1. The van der Waals surface area contributed by atoms with Crippen LogP contribution in [0.5, 0.6) is 11.5 Å². The Kier molecular flexibility index (Phi) is 5.01. The largest absolute Gasteiger partial charge is 0.457 e. The van der Waals surface area contributed by atoms with Gasteiger partial charge in [-0.3, -0.25) is 9.78 Å². The van der Waals surface area contributed by atoms with Gasteiger partial charge in [0.25, 0.3) is 0 Å². The van der Waals surface area contributed by atoms with Gasteiger partial charge >= 0.3 is 0 Å². The second kappa shape index (κ2) is 8.09. The molecule has 0 saturated heterocycles. The average molecular weight is 372 g/mol. The molecule has 0 unspecified atom stereocenters. The Labute approximate surface area is 160 Å². The number of benzene rings is 2. The van der Waals surface area contributed by atoms with Gasteiger partial charge in [-0.15, -0.1) is 5.10 Å². The standard InChI is InChI=1S/C20H16N6O2/c27-20(12-15-4-6-17(7-5-15)26-14-22-24-25-26)23-16-2-1-3-19(13-16)28-18-8-10-21-11-9-18/h1-11,13-14H,12H2,(H,23,27). The van der Waals surface area contributed by atoms with Crippen molar-refractivity contribution in [3.63, 3.8) is 0 Å². The van der Waals surface area contributed by atoms with Gasteiger partial charge in [-0.25, -0.2) is 4.68 Å². The summed E-state index contributed by atoms with van der Waals surface area (Å²) in [7, 11) is 0. The maximum Gasteiger partial charge on any atom is 0.228 e. The smallest absolute Gasteiger partial charge is 0.228 e. The molecule has 2 heterocycles. The average Bonchev–Trinajstić information content (AvgIpc) is 3.24. The van der Waals surface area contributed by atoms with E-state index in [1.165, 1.54) is 6.33 Å². The van der Waals surface area contributed by atoms with E-state index in [1.807, 2.05) is 42.5 Å². The number of tetrazole rings is 1. The molecule has 0 radical (unpaired) electrons. The van der Waals surface area contributed by atoms with E-state index in [-0.39, 0.29) is 12.3 Å². The first kappa shape index (κ1) is 17.3. The third-order valence-corrected chi connectivity index (χ3v) is 3.92. The van der Waals surface area contributed by atoms with Gasteiger partial charge in [-0.05, 0) is 52.4 Å². The molecule has 0 atom stereocenters. The Morgan fingerprint density at radius 2 is 1.82 bits per heavy atom. The van der Waals surface area contributed by atoms with E-state index in [2.05, 4.69) is 25.8 Å². The fourth-order valence-corrected chi connectivity index (χ4v) is 2.62. The van der Waals surface area contributed by atoms with Gasteiger partial charge in [0.2, 0.25) is 5.91 Å². The van der Waals surface area contributed by atoms with Crippen LogP contribution in [0.3, 0.4) is 0 Å². The highest BCUT2D eigenvalue weighted by Gasteiger charge is 2.06. The summed E-state index contributed by atoms with van der Waals surface area (Å²) < 4.78 is 7.31. The van der Waals surface area contributed by atoms with Gasteiger partial charge in [-0.2, -0.15) is 0 Å². The molecule has 0 fully saturated rings. The lowest BCUT2D eigenvalue weighted by atomic mass is 10.1. The molecule has 8 heteroatoms. The first-order chi connectivity index (χ1) is 13.8. The number of pyridine rings is 1. The molecule has 0 aliphatic rings. The predicted octanol–water partition coefficient (Wildman–Crippen LogP) is 3.03. The van der Waals surface area contributed by atoms with Crippen LogP contribution in [0.25, 0.3) is 5.69 Å². The van der Waals surface area contributed by atoms with Crippen LogP contribution in [0.4, 0.5) is 5.69 Å². The minimum atomic E-state index is -0.115. The highest BCUT2D eigenvalue weighted by atomic mass is 16.5. The number of carbonyl (C=O) groups excluding carboxylic acids is 1. The third-order valence-electron chi connectivity index (χ3n) is 3.92. The number of amides is 1. The van der Waals surface area contributed by atoms with Crippen LogP contribution < -0.4 is 10.1 Å². The molecule has 0 aliphatic carbocycles. The minimum Gasteiger partial charge on any atom is -0.457 e. The van der Waals surface area contributed by atoms with Gasteiger partial charge in [0.15, 0.2) is 0 Å². The fourth-order valence-electron chi connectivity index (χ4n) is 2.62. The van der Waals surface area contributed by atoms with Crippen molar-refractivity contribution in [2.24, 2.45) is 0 Å². The van der Waals surface area contributed by atoms with E-state index in [0.29, 0.717) is 17.2 Å². The molecule has 4 aromatic rings. The lowest BCUT2D eigenvalue weighted by Crippen LogP contribution is -2.14. The van der Waals surface area contributed by atoms with Crippen LogP contribution in [0.1, 0.15) is 5.56 Å². The molecule has 28 heavy (non-hydrogen) atoms. The fraction of sp³-hybridized carbons (Fsp3) is 0.0500. The van der Waals surface area contributed by atoms with Crippen molar-refractivity contribution in [2.75, 3.05) is 5.32 Å². The van der Waals surface area contributed by atoms with Crippen molar-refractivity contribution in [3.8, 4) is 17.2 Å². The van der Waals surface area contributed by atoms with E-state index in [0.717, 1.165) is 11.3 Å². The van der Waals surface area contributed by atoms with E-state index in [1.54, 1.807) is 35.3 Å². The maximum atomic E-state index is 12.4. The first-order valence-corrected chi connectivity index (χ1v) is 8.56. The highest BCUT2D eigenvalue weighted by molar-refractivity contribution is 5.92. The molecule has 1 amide bonds. The lowest BCUT2D eigenvalue weighted by Gasteiger charge is -2.09. The quantitative estimate of drug-likeness (QED) is 0.559. The van der Waals surface area contributed by atoms with Crippen molar-refractivity contribution in [1.29, 1.82) is 0 Å². The van der Waals surface area contributed by atoms with Gasteiger partial charge < -0.3 is 10.1 Å². The zero-order chi connectivity index (χ0) is 19.2. The summed E-state index contributed by atoms with van der Waals surface area (Å²) in [5.74, 6) is 1.20. The van der Waals surface area contributed by atoms with Gasteiger partial charge in [-0.1, -0.05) is 18.2 Å². The van der Waals surface area contributed by atoms with Crippen molar-refractivity contribution in [2.45, 2.75) is 6.42 Å². The van der Waals surface area contributed by atoms with Crippen LogP contribution in [-0.2, 0) is 11.2 Å². The summed E-state index contributed by atoms with van der Waals surface area (Å²) in [4.78, 5) is 16.3. The van der Waals surface area contributed by atoms with Crippen molar-refractivity contribution in [3.05, 3.63) is 84.9 Å². The second-order valence-corrected chi connectivity index (χ2v) is 5.96. The van der Waals surface area contributed by atoms with E-state index >= 15 is 0 Å². The Balaban J connectivity index is 1.38. The minimum absolute atomic E-state index is 0.115. The van der Waals surface area contributed by atoms with E-state index in [9.17, 15) is 4.79 Å². The van der Waals surface area contributed by atoms with Crippen LogP contribution in [0.2, 0.25) is 0 Å². The molecule has 8 nitrogen and oxygen atoms in total. The molecular formula is C20H16N6O2. The van der Waals surface area contributed by atoms with E-state index < -0.39 is 0 Å². The summed E-state index contributed by atoms with van der Waals surface area (Å²) in [6, 6.07) is 18.3. The number of anilines is 1. The number of rotatable bonds is 6. The van der Waals surface area contributed by atoms with Crippen molar-refractivity contribution >= 4 is 11.6 Å². The summed E-state index contributed by atoms with van der Waals surface area (Å²) >= 11 is 0. The Morgan fingerprint density at radius 3 is 2.57 bits per heavy atom. The normalized spacial score (nSPS) is 10.4. The molecule has 2 aromatic heterocycles. The SMILES string of the molecule is O=C(Cc1ccc(-n2cnnn2)cc1)Nc1cccc(Oc2ccncc2)c1. The van der Waals surface area contributed by atoms with Crippen LogP contribution in [-0.4, -0.2) is 31.1 Å². The number of aromatic nitrogens is 5.